The number of carbonyl (C=O) groups excluding carboxylic acids is 1. The maximum Gasteiger partial charge on any atom is 0.168 e. The van der Waals surface area contributed by atoms with Crippen LogP contribution in [0.15, 0.2) is 42.5 Å². The van der Waals surface area contributed by atoms with Gasteiger partial charge in [0.1, 0.15) is 17.9 Å². The number of hydrogen-bond donors (Lipinski definition) is 2. The summed E-state index contributed by atoms with van der Waals surface area (Å²) in [6, 6.07) is 13.2. The van der Waals surface area contributed by atoms with Gasteiger partial charge in [-0.25, -0.2) is 0 Å². The summed E-state index contributed by atoms with van der Waals surface area (Å²) in [4.78, 5) is 12.3. The third-order valence-electron chi connectivity index (χ3n) is 4.67. The lowest BCUT2D eigenvalue weighted by Crippen LogP contribution is -3.00. The Morgan fingerprint density at radius 3 is 2.54 bits per heavy atom. The molecule has 0 radical (unpaired) electrons. The summed E-state index contributed by atoms with van der Waals surface area (Å²) < 4.78 is 5.15. The lowest BCUT2D eigenvalue weighted by Gasteiger charge is -2.18. The number of halogens is 1. The molecule has 0 aromatic heterocycles. The summed E-state index contributed by atoms with van der Waals surface area (Å²) in [5.74, 6) is 0.774. The number of aliphatic hydroxyl groups is 1. The average Bonchev–Trinajstić information content (AvgIpc) is 2.63. The topological polar surface area (TPSA) is 63.1 Å². The Hall–Kier alpha value is -1.88. The maximum atomic E-state index is 12.3. The van der Waals surface area contributed by atoms with Crippen LogP contribution in [-0.2, 0) is 0 Å². The predicted octanol–water partition coefficient (Wildman–Crippen LogP) is -0.426. The van der Waals surface area contributed by atoms with Crippen molar-refractivity contribution in [3.8, 4) is 5.75 Å². The highest BCUT2D eigenvalue weighted by Crippen LogP contribution is 2.18. The van der Waals surface area contributed by atoms with E-state index < -0.39 is 6.10 Å². The molecular formula is C21H28ClNO3. The standard InChI is InChI=1S/C21H27NO3.ClH/c1-14-8-9-18(12-15(14)2)21(24)16(3)22-11-10-20(23)17-6-5-7-19(13-17)25-4;/h5-9,12-13,16,21-22,24H,10-11H2,1-4H3;1H. The van der Waals surface area contributed by atoms with Gasteiger partial charge in [-0.05, 0) is 49.6 Å². The van der Waals surface area contributed by atoms with E-state index in [1.54, 1.807) is 19.2 Å². The van der Waals surface area contributed by atoms with Crippen LogP contribution in [0.1, 0.15) is 46.5 Å². The normalized spacial score (nSPS) is 12.8. The van der Waals surface area contributed by atoms with E-state index in [4.69, 9.17) is 4.74 Å². The Balaban J connectivity index is 0.00000338. The molecule has 2 unspecified atom stereocenters. The fourth-order valence-corrected chi connectivity index (χ4v) is 2.80. The first-order chi connectivity index (χ1) is 11.9. The summed E-state index contributed by atoms with van der Waals surface area (Å²) in [5, 5.41) is 12.5. The van der Waals surface area contributed by atoms with E-state index >= 15 is 0 Å². The summed E-state index contributed by atoms with van der Waals surface area (Å²) in [6.07, 6.45) is -0.122. The number of carbonyl (C=O) groups is 1. The number of methoxy groups -OCH3 is 1. The first-order valence-corrected chi connectivity index (χ1v) is 8.68. The van der Waals surface area contributed by atoms with E-state index in [1.165, 1.54) is 11.1 Å². The molecule has 2 aromatic carbocycles. The summed E-state index contributed by atoms with van der Waals surface area (Å²) in [7, 11) is 1.59. The van der Waals surface area contributed by atoms with Gasteiger partial charge in [-0.2, -0.15) is 0 Å². The van der Waals surface area contributed by atoms with Crippen LogP contribution in [0.25, 0.3) is 0 Å². The Bertz CT molecular complexity index is 733. The van der Waals surface area contributed by atoms with Gasteiger partial charge >= 0.3 is 0 Å². The molecule has 2 rings (SSSR count). The molecule has 26 heavy (non-hydrogen) atoms. The van der Waals surface area contributed by atoms with Gasteiger partial charge in [-0.1, -0.05) is 30.3 Å². The minimum atomic E-state index is -0.550. The van der Waals surface area contributed by atoms with Gasteiger partial charge in [-0.15, -0.1) is 0 Å². The second-order valence-electron chi connectivity index (χ2n) is 6.58. The first-order valence-electron chi connectivity index (χ1n) is 8.68. The number of benzene rings is 2. The van der Waals surface area contributed by atoms with E-state index in [2.05, 4.69) is 6.92 Å². The summed E-state index contributed by atoms with van der Waals surface area (Å²) in [5.41, 5.74) is 3.98. The quantitative estimate of drug-likeness (QED) is 0.614. The molecule has 0 saturated heterocycles. The predicted molar refractivity (Wildman–Crippen MR) is 99.1 cm³/mol. The van der Waals surface area contributed by atoms with E-state index in [-0.39, 0.29) is 24.2 Å². The molecule has 0 aliphatic carbocycles. The van der Waals surface area contributed by atoms with Crippen LogP contribution in [0.3, 0.4) is 0 Å². The monoisotopic (exact) mass is 377 g/mol. The molecular weight excluding hydrogens is 350 g/mol. The Kier molecular flexibility index (Phi) is 8.79. The fraction of sp³-hybridized carbons (Fsp3) is 0.381. The van der Waals surface area contributed by atoms with Gasteiger partial charge in [0.2, 0.25) is 0 Å². The largest absolute Gasteiger partial charge is 1.00 e. The van der Waals surface area contributed by atoms with Crippen molar-refractivity contribution in [2.45, 2.75) is 39.3 Å². The number of rotatable bonds is 8. The van der Waals surface area contributed by atoms with Crippen molar-refractivity contribution in [1.29, 1.82) is 0 Å². The smallest absolute Gasteiger partial charge is 0.168 e. The number of Topliss-reactive ketones (excluding diaryl/α,β-unsaturated/α-hetero) is 1. The molecule has 0 heterocycles. The summed E-state index contributed by atoms with van der Waals surface area (Å²) in [6.45, 7) is 6.73. The highest BCUT2D eigenvalue weighted by atomic mass is 35.5. The van der Waals surface area contributed by atoms with Crippen molar-refractivity contribution >= 4 is 5.78 Å². The lowest BCUT2D eigenvalue weighted by molar-refractivity contribution is -0.693. The lowest BCUT2D eigenvalue weighted by atomic mass is 9.99. The molecule has 142 valence electrons. The van der Waals surface area contributed by atoms with Gasteiger partial charge in [0.25, 0.3) is 0 Å². The number of aliphatic hydroxyl groups excluding tert-OH is 1. The van der Waals surface area contributed by atoms with Crippen LogP contribution < -0.4 is 22.5 Å². The molecule has 0 amide bonds. The number of quaternary nitrogens is 1. The third-order valence-corrected chi connectivity index (χ3v) is 4.67. The second kappa shape index (κ2) is 10.3. The molecule has 3 N–H and O–H groups in total. The van der Waals surface area contributed by atoms with Gasteiger partial charge in [0.15, 0.2) is 5.78 Å². The van der Waals surface area contributed by atoms with E-state index in [0.717, 1.165) is 5.56 Å². The average molecular weight is 378 g/mol. The molecule has 0 aliphatic heterocycles. The maximum absolute atomic E-state index is 12.3. The highest BCUT2D eigenvalue weighted by molar-refractivity contribution is 5.96. The Labute approximate surface area is 162 Å². The van der Waals surface area contributed by atoms with Crippen LogP contribution >= 0.6 is 0 Å². The first kappa shape index (κ1) is 22.2. The van der Waals surface area contributed by atoms with Crippen molar-refractivity contribution in [2.75, 3.05) is 13.7 Å². The minimum Gasteiger partial charge on any atom is -1.00 e. The van der Waals surface area contributed by atoms with E-state index in [0.29, 0.717) is 24.3 Å². The molecule has 0 saturated carbocycles. The van der Waals surface area contributed by atoms with Crippen LogP contribution in [-0.4, -0.2) is 30.6 Å². The zero-order valence-corrected chi connectivity index (χ0v) is 16.6. The van der Waals surface area contributed by atoms with Crippen LogP contribution in [0, 0.1) is 13.8 Å². The number of nitrogens with two attached hydrogens (primary N) is 1. The van der Waals surface area contributed by atoms with Gasteiger partial charge in [0, 0.05) is 5.56 Å². The Morgan fingerprint density at radius 1 is 1.15 bits per heavy atom. The van der Waals surface area contributed by atoms with Crippen LogP contribution in [0.5, 0.6) is 5.75 Å². The van der Waals surface area contributed by atoms with Gasteiger partial charge < -0.3 is 27.6 Å². The number of ketones is 1. The molecule has 2 aromatic rings. The fourth-order valence-electron chi connectivity index (χ4n) is 2.80. The van der Waals surface area contributed by atoms with Crippen molar-refractivity contribution < 1.29 is 32.4 Å². The number of hydrogen-bond acceptors (Lipinski definition) is 3. The summed E-state index contributed by atoms with van der Waals surface area (Å²) >= 11 is 0. The van der Waals surface area contributed by atoms with Crippen molar-refractivity contribution in [2.24, 2.45) is 0 Å². The molecule has 2 atom stereocenters. The number of ether oxygens (including phenoxy) is 1. The molecule has 4 nitrogen and oxygen atoms in total. The Morgan fingerprint density at radius 2 is 1.88 bits per heavy atom. The molecule has 0 aliphatic rings. The van der Waals surface area contributed by atoms with Crippen LogP contribution in [0.2, 0.25) is 0 Å². The van der Waals surface area contributed by atoms with Crippen molar-refractivity contribution in [3.63, 3.8) is 0 Å². The molecule has 0 bridgehead atoms. The highest BCUT2D eigenvalue weighted by Gasteiger charge is 2.20. The van der Waals surface area contributed by atoms with E-state index in [9.17, 15) is 9.90 Å². The van der Waals surface area contributed by atoms with E-state index in [1.807, 2.05) is 49.5 Å². The van der Waals surface area contributed by atoms with Crippen molar-refractivity contribution in [1.82, 2.24) is 0 Å². The SMILES string of the molecule is COc1cccc(C(=O)CC[NH2+]C(C)C(O)c2ccc(C)c(C)c2)c1.[Cl-]. The minimum absolute atomic E-state index is 0. The zero-order valence-electron chi connectivity index (χ0n) is 15.8. The molecule has 0 spiro atoms. The second-order valence-corrected chi connectivity index (χ2v) is 6.58. The zero-order chi connectivity index (χ0) is 18.4. The van der Waals surface area contributed by atoms with Crippen LogP contribution in [0.4, 0.5) is 0 Å². The van der Waals surface area contributed by atoms with Gasteiger partial charge in [-0.3, -0.25) is 4.79 Å². The number of aryl methyl sites for hydroxylation is 2. The molecule has 5 heteroatoms. The molecule has 0 fully saturated rings. The van der Waals surface area contributed by atoms with Gasteiger partial charge in [0.05, 0.1) is 20.1 Å². The third kappa shape index (κ3) is 5.84. The van der Waals surface area contributed by atoms with Crippen molar-refractivity contribution in [3.05, 3.63) is 64.7 Å².